The molecule has 6 heteroatoms. The SMILES string of the molecule is CCNC(=NCC1(O)CCOCC1)NCCCOc1ccc2ccccc2c1. The second-order valence-electron chi connectivity index (χ2n) is 7.17. The van der Waals surface area contributed by atoms with Gasteiger partial charge in [-0.05, 0) is 36.2 Å². The van der Waals surface area contributed by atoms with Crippen molar-refractivity contribution in [1.29, 1.82) is 0 Å². The number of aliphatic imine (C=N–C) groups is 1. The largest absolute Gasteiger partial charge is 0.494 e. The predicted molar refractivity (Wildman–Crippen MR) is 113 cm³/mol. The summed E-state index contributed by atoms with van der Waals surface area (Å²) in [6.07, 6.45) is 2.13. The third-order valence-electron chi connectivity index (χ3n) is 4.90. The van der Waals surface area contributed by atoms with Gasteiger partial charge in [0.25, 0.3) is 0 Å². The summed E-state index contributed by atoms with van der Waals surface area (Å²) in [4.78, 5) is 4.55. The molecule has 0 bridgehead atoms. The smallest absolute Gasteiger partial charge is 0.191 e. The maximum absolute atomic E-state index is 10.5. The molecule has 0 aliphatic carbocycles. The molecule has 2 aromatic rings. The first-order valence-electron chi connectivity index (χ1n) is 10.1. The second kappa shape index (κ2) is 10.3. The minimum absolute atomic E-state index is 0.388. The van der Waals surface area contributed by atoms with Crippen molar-refractivity contribution in [3.05, 3.63) is 42.5 Å². The van der Waals surface area contributed by atoms with E-state index < -0.39 is 5.60 Å². The third kappa shape index (κ3) is 6.11. The van der Waals surface area contributed by atoms with E-state index in [1.54, 1.807) is 0 Å². The molecule has 28 heavy (non-hydrogen) atoms. The molecule has 0 amide bonds. The maximum Gasteiger partial charge on any atom is 0.191 e. The molecule has 1 saturated heterocycles. The Labute approximate surface area is 167 Å². The first kappa shape index (κ1) is 20.4. The lowest BCUT2D eigenvalue weighted by Crippen LogP contribution is -2.42. The molecule has 2 aromatic carbocycles. The van der Waals surface area contributed by atoms with Crippen molar-refractivity contribution in [1.82, 2.24) is 10.6 Å². The lowest BCUT2D eigenvalue weighted by molar-refractivity contribution is -0.0565. The van der Waals surface area contributed by atoms with Crippen molar-refractivity contribution in [3.8, 4) is 5.75 Å². The normalized spacial score (nSPS) is 16.7. The van der Waals surface area contributed by atoms with Crippen LogP contribution < -0.4 is 15.4 Å². The Morgan fingerprint density at radius 3 is 2.71 bits per heavy atom. The van der Waals surface area contributed by atoms with Crippen LogP contribution in [0.1, 0.15) is 26.2 Å². The zero-order valence-corrected chi connectivity index (χ0v) is 16.6. The molecule has 1 heterocycles. The molecule has 1 fully saturated rings. The maximum atomic E-state index is 10.5. The Kier molecular flexibility index (Phi) is 7.51. The van der Waals surface area contributed by atoms with E-state index in [-0.39, 0.29) is 0 Å². The summed E-state index contributed by atoms with van der Waals surface area (Å²) in [6, 6.07) is 14.4. The van der Waals surface area contributed by atoms with Gasteiger partial charge in [0.15, 0.2) is 5.96 Å². The minimum atomic E-state index is -0.750. The van der Waals surface area contributed by atoms with Gasteiger partial charge in [0, 0.05) is 39.1 Å². The van der Waals surface area contributed by atoms with Gasteiger partial charge in [-0.3, -0.25) is 4.99 Å². The average Bonchev–Trinajstić information content (AvgIpc) is 2.72. The molecule has 3 rings (SSSR count). The van der Waals surface area contributed by atoms with Crippen LogP contribution in [0, 0.1) is 0 Å². The Morgan fingerprint density at radius 2 is 1.93 bits per heavy atom. The summed E-state index contributed by atoms with van der Waals surface area (Å²) in [6.45, 7) is 5.78. The fourth-order valence-electron chi connectivity index (χ4n) is 3.20. The number of nitrogens with one attached hydrogen (secondary N) is 2. The summed E-state index contributed by atoms with van der Waals surface area (Å²) in [5.41, 5.74) is -0.750. The molecular formula is C22H31N3O3. The first-order chi connectivity index (χ1) is 13.7. The zero-order valence-electron chi connectivity index (χ0n) is 16.6. The highest BCUT2D eigenvalue weighted by molar-refractivity contribution is 5.83. The molecular weight excluding hydrogens is 354 g/mol. The number of aliphatic hydroxyl groups is 1. The molecule has 152 valence electrons. The number of rotatable bonds is 8. The molecule has 0 saturated carbocycles. The summed E-state index contributed by atoms with van der Waals surface area (Å²) in [5, 5.41) is 19.5. The Hall–Kier alpha value is -2.31. The fraction of sp³-hybridized carbons (Fsp3) is 0.500. The van der Waals surface area contributed by atoms with Crippen LogP contribution in [0.25, 0.3) is 10.8 Å². The summed E-state index contributed by atoms with van der Waals surface area (Å²) < 4.78 is 11.2. The number of hydrogen-bond acceptors (Lipinski definition) is 4. The van der Waals surface area contributed by atoms with Crippen molar-refractivity contribution < 1.29 is 14.6 Å². The van der Waals surface area contributed by atoms with Gasteiger partial charge in [-0.15, -0.1) is 0 Å². The fourth-order valence-corrected chi connectivity index (χ4v) is 3.20. The molecule has 6 nitrogen and oxygen atoms in total. The van der Waals surface area contributed by atoms with Gasteiger partial charge in [0.05, 0.1) is 18.8 Å². The standard InChI is InChI=1S/C22H31N3O3/c1-2-23-21(25-17-22(26)10-14-27-15-11-22)24-12-5-13-28-20-9-8-18-6-3-4-7-19(18)16-20/h3-4,6-9,16,26H,2,5,10-15,17H2,1H3,(H2,23,24,25). The van der Waals surface area contributed by atoms with E-state index in [2.05, 4.69) is 39.9 Å². The molecule has 0 aromatic heterocycles. The molecule has 0 atom stereocenters. The van der Waals surface area contributed by atoms with Crippen LogP contribution >= 0.6 is 0 Å². The van der Waals surface area contributed by atoms with Crippen molar-refractivity contribution >= 4 is 16.7 Å². The van der Waals surface area contributed by atoms with E-state index in [1.807, 2.05) is 25.1 Å². The number of fused-ring (bicyclic) bond motifs is 1. The molecule has 0 radical (unpaired) electrons. The van der Waals surface area contributed by atoms with E-state index >= 15 is 0 Å². The number of guanidine groups is 1. The second-order valence-corrected chi connectivity index (χ2v) is 7.17. The van der Waals surface area contributed by atoms with Gasteiger partial charge >= 0.3 is 0 Å². The van der Waals surface area contributed by atoms with Crippen molar-refractivity contribution in [2.75, 3.05) is 39.5 Å². The van der Waals surface area contributed by atoms with Gasteiger partial charge in [0.2, 0.25) is 0 Å². The van der Waals surface area contributed by atoms with Gasteiger partial charge < -0.3 is 25.2 Å². The van der Waals surface area contributed by atoms with Gasteiger partial charge in [0.1, 0.15) is 5.75 Å². The van der Waals surface area contributed by atoms with Crippen LogP contribution in [-0.4, -0.2) is 56.1 Å². The van der Waals surface area contributed by atoms with Crippen LogP contribution in [0.2, 0.25) is 0 Å². The highest BCUT2D eigenvalue weighted by atomic mass is 16.5. The molecule has 0 spiro atoms. The Balaban J connectivity index is 1.41. The van der Waals surface area contributed by atoms with Crippen LogP contribution in [-0.2, 0) is 4.74 Å². The van der Waals surface area contributed by atoms with Gasteiger partial charge in [-0.25, -0.2) is 0 Å². The summed E-state index contributed by atoms with van der Waals surface area (Å²) in [5.74, 6) is 1.62. The monoisotopic (exact) mass is 385 g/mol. The lowest BCUT2D eigenvalue weighted by Gasteiger charge is -2.30. The summed E-state index contributed by atoms with van der Waals surface area (Å²) in [7, 11) is 0. The summed E-state index contributed by atoms with van der Waals surface area (Å²) >= 11 is 0. The molecule has 1 aliphatic heterocycles. The van der Waals surface area contributed by atoms with E-state index in [1.165, 1.54) is 10.8 Å². The molecule has 3 N–H and O–H groups in total. The van der Waals surface area contributed by atoms with E-state index in [0.717, 1.165) is 31.2 Å². The van der Waals surface area contributed by atoms with Crippen molar-refractivity contribution in [2.24, 2.45) is 4.99 Å². The highest BCUT2D eigenvalue weighted by Gasteiger charge is 2.29. The van der Waals surface area contributed by atoms with E-state index in [0.29, 0.717) is 39.2 Å². The number of hydrogen-bond donors (Lipinski definition) is 3. The minimum Gasteiger partial charge on any atom is -0.494 e. The number of benzene rings is 2. The van der Waals surface area contributed by atoms with Crippen molar-refractivity contribution in [3.63, 3.8) is 0 Å². The zero-order chi connectivity index (χ0) is 19.7. The van der Waals surface area contributed by atoms with Crippen LogP contribution in [0.3, 0.4) is 0 Å². The first-order valence-corrected chi connectivity index (χ1v) is 10.1. The van der Waals surface area contributed by atoms with Crippen molar-refractivity contribution in [2.45, 2.75) is 31.8 Å². The van der Waals surface area contributed by atoms with E-state index in [9.17, 15) is 5.11 Å². The predicted octanol–water partition coefficient (Wildman–Crippen LogP) is 2.71. The quantitative estimate of drug-likeness (QED) is 0.370. The number of nitrogens with zero attached hydrogens (tertiary/aromatic N) is 1. The number of ether oxygens (including phenoxy) is 2. The van der Waals surface area contributed by atoms with Gasteiger partial charge in [-0.1, -0.05) is 30.3 Å². The Morgan fingerprint density at radius 1 is 1.14 bits per heavy atom. The van der Waals surface area contributed by atoms with Crippen LogP contribution in [0.5, 0.6) is 5.75 Å². The topological polar surface area (TPSA) is 75.1 Å². The average molecular weight is 386 g/mol. The van der Waals surface area contributed by atoms with Crippen LogP contribution in [0.15, 0.2) is 47.5 Å². The third-order valence-corrected chi connectivity index (χ3v) is 4.90. The molecule has 1 aliphatic rings. The van der Waals surface area contributed by atoms with E-state index in [4.69, 9.17) is 9.47 Å². The lowest BCUT2D eigenvalue weighted by atomic mass is 9.95. The van der Waals surface area contributed by atoms with Gasteiger partial charge in [-0.2, -0.15) is 0 Å². The van der Waals surface area contributed by atoms with Crippen LogP contribution in [0.4, 0.5) is 0 Å². The highest BCUT2D eigenvalue weighted by Crippen LogP contribution is 2.21. The Bertz CT molecular complexity index is 772. The molecule has 0 unspecified atom stereocenters.